The van der Waals surface area contributed by atoms with Crippen LogP contribution in [0.25, 0.3) is 5.82 Å². The monoisotopic (exact) mass is 360 g/mol. The van der Waals surface area contributed by atoms with Crippen LogP contribution in [0.2, 0.25) is 0 Å². The topological polar surface area (TPSA) is 75.3 Å². The van der Waals surface area contributed by atoms with E-state index in [0.29, 0.717) is 5.82 Å². The fourth-order valence-electron chi connectivity index (χ4n) is 1.44. The smallest absolute Gasteiger partial charge is 0.245 e. The van der Waals surface area contributed by atoms with Crippen LogP contribution in [0.1, 0.15) is 25.0 Å². The SMILES string of the molecule is CC.[B]C(O)(O)c1ccn(-c2c[c-]c(C)cn2)c(=O)c1.[Y]. The van der Waals surface area contributed by atoms with Gasteiger partial charge in [-0.15, -0.1) is 11.6 Å². The number of pyridine rings is 2. The van der Waals surface area contributed by atoms with E-state index in [1.54, 1.807) is 12.3 Å². The molecule has 0 bridgehead atoms. The van der Waals surface area contributed by atoms with E-state index >= 15 is 0 Å². The van der Waals surface area contributed by atoms with Crippen LogP contribution >= 0.6 is 0 Å². The first kappa shape index (κ1) is 20.2. The van der Waals surface area contributed by atoms with E-state index in [9.17, 15) is 15.0 Å². The third-order valence-corrected chi connectivity index (χ3v) is 2.41. The van der Waals surface area contributed by atoms with E-state index in [0.717, 1.165) is 11.6 Å². The molecule has 2 rings (SSSR count). The maximum atomic E-state index is 11.8. The molecule has 2 aromatic heterocycles. The zero-order valence-electron chi connectivity index (χ0n) is 12.2. The van der Waals surface area contributed by atoms with Crippen LogP contribution in [0.5, 0.6) is 0 Å². The van der Waals surface area contributed by atoms with Crippen molar-refractivity contribution < 1.29 is 42.9 Å². The predicted octanol–water partition coefficient (Wildman–Crippen LogP) is 0.628. The van der Waals surface area contributed by atoms with Crippen LogP contribution in [-0.2, 0) is 38.4 Å². The Morgan fingerprint density at radius 1 is 1.38 bits per heavy atom. The average Bonchev–Trinajstić information content (AvgIpc) is 2.41. The van der Waals surface area contributed by atoms with Gasteiger partial charge in [0, 0.05) is 56.4 Å². The van der Waals surface area contributed by atoms with Crippen LogP contribution < -0.4 is 5.56 Å². The molecule has 7 heteroatoms. The minimum Gasteiger partial charge on any atom is -0.371 e. The van der Waals surface area contributed by atoms with Crippen molar-refractivity contribution in [2.24, 2.45) is 0 Å². The quantitative estimate of drug-likeness (QED) is 0.468. The maximum Gasteiger partial charge on any atom is 0.245 e. The second-order valence-electron chi connectivity index (χ2n) is 3.94. The van der Waals surface area contributed by atoms with E-state index < -0.39 is 11.2 Å². The minimum absolute atomic E-state index is 0. The van der Waals surface area contributed by atoms with Crippen molar-refractivity contribution in [2.45, 2.75) is 26.5 Å². The number of aromatic nitrogens is 2. The van der Waals surface area contributed by atoms with Gasteiger partial charge in [-0.3, -0.25) is 4.79 Å². The Morgan fingerprint density at radius 3 is 2.43 bits per heavy atom. The fraction of sp³-hybridized carbons (Fsp3) is 0.286. The molecule has 0 aliphatic heterocycles. The summed E-state index contributed by atoms with van der Waals surface area (Å²) in [5, 5.41) is 18.3. The molecule has 0 fully saturated rings. The molecule has 0 atom stereocenters. The molecule has 2 heterocycles. The number of hydrogen-bond donors (Lipinski definition) is 2. The van der Waals surface area contributed by atoms with Crippen molar-refractivity contribution in [1.29, 1.82) is 0 Å². The fourth-order valence-corrected chi connectivity index (χ4v) is 1.44. The molecule has 0 aliphatic rings. The molecule has 2 aromatic rings. The van der Waals surface area contributed by atoms with Gasteiger partial charge in [0.05, 0.1) is 0 Å². The first-order valence-electron chi connectivity index (χ1n) is 6.19. The Labute approximate surface area is 150 Å². The summed E-state index contributed by atoms with van der Waals surface area (Å²) in [5.74, 6) is 0.399. The zero-order valence-corrected chi connectivity index (χ0v) is 15.1. The number of aliphatic hydroxyl groups is 2. The Kier molecular flexibility index (Phi) is 8.26. The van der Waals surface area contributed by atoms with Crippen LogP contribution in [0.4, 0.5) is 0 Å². The number of hydrogen-bond acceptors (Lipinski definition) is 4. The van der Waals surface area contributed by atoms with Crippen molar-refractivity contribution in [3.8, 4) is 5.82 Å². The van der Waals surface area contributed by atoms with Gasteiger partial charge in [0.1, 0.15) is 5.69 Å². The van der Waals surface area contributed by atoms with Gasteiger partial charge in [-0.1, -0.05) is 27.0 Å². The molecule has 5 nitrogen and oxygen atoms in total. The van der Waals surface area contributed by atoms with Gasteiger partial charge in [0.15, 0.2) is 7.85 Å². The molecular formula is C14H16BN2O3Y-. The summed E-state index contributed by atoms with van der Waals surface area (Å²) in [6, 6.07) is 6.88. The van der Waals surface area contributed by atoms with Crippen LogP contribution in [-0.4, -0.2) is 27.6 Å². The molecule has 0 aromatic carbocycles. The molecule has 107 valence electrons. The minimum atomic E-state index is -2.52. The van der Waals surface area contributed by atoms with Gasteiger partial charge in [-0.05, 0) is 6.07 Å². The van der Waals surface area contributed by atoms with Gasteiger partial charge in [-0.2, -0.15) is 6.07 Å². The summed E-state index contributed by atoms with van der Waals surface area (Å²) < 4.78 is 1.26. The molecule has 0 saturated heterocycles. The average molecular weight is 360 g/mol. The van der Waals surface area contributed by atoms with E-state index in [1.807, 2.05) is 20.8 Å². The Balaban J connectivity index is 0.00000128. The van der Waals surface area contributed by atoms with Gasteiger partial charge in [-0.25, -0.2) is 0 Å². The number of rotatable bonds is 2. The van der Waals surface area contributed by atoms with Crippen LogP contribution in [0, 0.1) is 13.0 Å². The Morgan fingerprint density at radius 2 is 2.00 bits per heavy atom. The molecular weight excluding hydrogens is 344 g/mol. The molecule has 3 radical (unpaired) electrons. The standard InChI is InChI=1S/C12H10BN2O3.C2H6.Y/c1-8-2-3-10(14-7-8)15-5-4-9(6-11(15)16)12(13,17)18;1-2;/h3-7,17-18H,1H3;1-2H3;/q-1;;. The third-order valence-electron chi connectivity index (χ3n) is 2.41. The maximum absolute atomic E-state index is 11.8. The van der Waals surface area contributed by atoms with Gasteiger partial charge in [0.2, 0.25) is 5.56 Å². The third kappa shape index (κ3) is 5.47. The van der Waals surface area contributed by atoms with Gasteiger partial charge in [0.25, 0.3) is 0 Å². The molecule has 0 unspecified atom stereocenters. The van der Waals surface area contributed by atoms with Crippen LogP contribution in [0.3, 0.4) is 0 Å². The predicted molar refractivity (Wildman–Crippen MR) is 76.6 cm³/mol. The van der Waals surface area contributed by atoms with E-state index in [1.165, 1.54) is 16.8 Å². The first-order chi connectivity index (χ1) is 9.38. The molecule has 0 aliphatic carbocycles. The summed E-state index contributed by atoms with van der Waals surface area (Å²) in [6.45, 7) is 5.84. The van der Waals surface area contributed by atoms with Crippen molar-refractivity contribution in [3.05, 3.63) is 58.1 Å². The summed E-state index contributed by atoms with van der Waals surface area (Å²) >= 11 is 0. The molecule has 21 heavy (non-hydrogen) atoms. The molecule has 0 spiro atoms. The first-order valence-corrected chi connectivity index (χ1v) is 6.19. The largest absolute Gasteiger partial charge is 0.371 e. The molecule has 2 N–H and O–H groups in total. The summed E-state index contributed by atoms with van der Waals surface area (Å²) in [7, 11) is 5.08. The normalized spacial score (nSPS) is 10.1. The second kappa shape index (κ2) is 8.59. The zero-order chi connectivity index (χ0) is 15.3. The van der Waals surface area contributed by atoms with E-state index in [4.69, 9.17) is 7.85 Å². The van der Waals surface area contributed by atoms with Crippen molar-refractivity contribution >= 4 is 7.85 Å². The van der Waals surface area contributed by atoms with Crippen LogP contribution in [0.15, 0.2) is 35.4 Å². The second-order valence-corrected chi connectivity index (χ2v) is 3.94. The van der Waals surface area contributed by atoms with Gasteiger partial charge < -0.3 is 19.8 Å². The summed E-state index contributed by atoms with van der Waals surface area (Å²) in [6.07, 6.45) is 2.96. The number of nitrogens with zero attached hydrogens (tertiary/aromatic N) is 2. The van der Waals surface area contributed by atoms with E-state index in [2.05, 4.69) is 11.1 Å². The summed E-state index contributed by atoms with van der Waals surface area (Å²) in [4.78, 5) is 15.9. The van der Waals surface area contributed by atoms with E-state index in [-0.39, 0.29) is 38.3 Å². The number of aryl methyl sites for hydroxylation is 1. The summed E-state index contributed by atoms with van der Waals surface area (Å²) in [5.41, 5.74) is -2.21. The Bertz CT molecular complexity index is 621. The van der Waals surface area contributed by atoms with Crippen molar-refractivity contribution in [2.75, 3.05) is 0 Å². The van der Waals surface area contributed by atoms with Gasteiger partial charge >= 0.3 is 0 Å². The molecule has 0 saturated carbocycles. The Hall–Kier alpha value is -0.811. The molecule has 0 amide bonds. The van der Waals surface area contributed by atoms with Crippen molar-refractivity contribution in [3.63, 3.8) is 0 Å². The van der Waals surface area contributed by atoms with Crippen molar-refractivity contribution in [1.82, 2.24) is 9.55 Å².